The van der Waals surface area contributed by atoms with E-state index in [1.165, 1.54) is 11.3 Å². The van der Waals surface area contributed by atoms with Crippen molar-refractivity contribution >= 4 is 32.6 Å². The lowest BCUT2D eigenvalue weighted by atomic mass is 10.3. The van der Waals surface area contributed by atoms with E-state index < -0.39 is 0 Å². The molecule has 7 heteroatoms. The maximum Gasteiger partial charge on any atom is 0.296 e. The smallest absolute Gasteiger partial charge is 0.296 e. The number of carbonyl (C=O) groups is 1. The molecule has 0 radical (unpaired) electrons. The quantitative estimate of drug-likeness (QED) is 0.800. The normalized spacial score (nSPS) is 10.8. The van der Waals surface area contributed by atoms with Crippen molar-refractivity contribution in [2.24, 2.45) is 0 Å². The van der Waals surface area contributed by atoms with Crippen molar-refractivity contribution < 1.29 is 14.1 Å². The third-order valence-corrected chi connectivity index (χ3v) is 3.68. The number of amides is 1. The van der Waals surface area contributed by atoms with Crippen LogP contribution in [0.25, 0.3) is 10.2 Å². The van der Waals surface area contributed by atoms with Crippen LogP contribution < -0.4 is 10.1 Å². The second kappa shape index (κ2) is 5.53. The first kappa shape index (κ1) is 13.6. The number of benzene rings is 1. The Balaban J connectivity index is 1.82. The number of hydrogen-bond donors (Lipinski definition) is 1. The highest BCUT2D eigenvalue weighted by molar-refractivity contribution is 7.22. The van der Waals surface area contributed by atoms with Crippen molar-refractivity contribution in [1.82, 2.24) is 10.1 Å². The van der Waals surface area contributed by atoms with E-state index in [0.717, 1.165) is 16.0 Å². The Bertz CT molecular complexity index is 794. The van der Waals surface area contributed by atoms with Gasteiger partial charge >= 0.3 is 0 Å². The lowest BCUT2D eigenvalue weighted by Crippen LogP contribution is -2.10. The summed E-state index contributed by atoms with van der Waals surface area (Å²) >= 11 is 1.38. The van der Waals surface area contributed by atoms with Crippen LogP contribution in [0.1, 0.15) is 23.2 Å². The van der Waals surface area contributed by atoms with Crippen molar-refractivity contribution in [3.05, 3.63) is 35.7 Å². The van der Waals surface area contributed by atoms with Gasteiger partial charge in [0.15, 0.2) is 5.13 Å². The van der Waals surface area contributed by atoms with E-state index in [-0.39, 0.29) is 11.7 Å². The molecule has 0 unspecified atom stereocenters. The number of aromatic nitrogens is 2. The summed E-state index contributed by atoms with van der Waals surface area (Å²) in [6.45, 7) is 4.30. The minimum Gasteiger partial charge on any atom is -0.494 e. The van der Waals surface area contributed by atoms with Crippen LogP contribution in [0.2, 0.25) is 0 Å². The standard InChI is InChI=1S/C14H13N3O3S/c1-3-19-9-4-5-10-12(7-9)21-14(15-10)16-13(18)11-6-8(2)17-20-11/h4-7H,3H2,1-2H3,(H,15,16,18). The average Bonchev–Trinajstić information content (AvgIpc) is 3.04. The lowest BCUT2D eigenvalue weighted by molar-refractivity contribution is 0.0988. The van der Waals surface area contributed by atoms with Gasteiger partial charge in [-0.05, 0) is 32.0 Å². The topological polar surface area (TPSA) is 77.2 Å². The van der Waals surface area contributed by atoms with Crippen LogP contribution in [0.5, 0.6) is 5.75 Å². The zero-order chi connectivity index (χ0) is 14.8. The van der Waals surface area contributed by atoms with Crippen molar-refractivity contribution in [2.75, 3.05) is 11.9 Å². The zero-order valence-corrected chi connectivity index (χ0v) is 12.4. The molecular weight excluding hydrogens is 290 g/mol. The van der Waals surface area contributed by atoms with Crippen molar-refractivity contribution in [1.29, 1.82) is 0 Å². The van der Waals surface area contributed by atoms with Gasteiger partial charge in [-0.3, -0.25) is 10.1 Å². The van der Waals surface area contributed by atoms with E-state index in [9.17, 15) is 4.79 Å². The second-order valence-electron chi connectivity index (χ2n) is 4.37. The highest BCUT2D eigenvalue weighted by atomic mass is 32.1. The van der Waals surface area contributed by atoms with Gasteiger partial charge < -0.3 is 9.26 Å². The molecule has 0 bridgehead atoms. The SMILES string of the molecule is CCOc1ccc2nc(NC(=O)c3cc(C)no3)sc2c1. The number of thiazole rings is 1. The second-order valence-corrected chi connectivity index (χ2v) is 5.40. The highest BCUT2D eigenvalue weighted by Gasteiger charge is 2.14. The molecule has 2 aromatic heterocycles. The molecule has 0 saturated carbocycles. The molecule has 0 aliphatic heterocycles. The molecule has 1 aromatic carbocycles. The molecule has 3 rings (SSSR count). The summed E-state index contributed by atoms with van der Waals surface area (Å²) in [5.41, 5.74) is 1.47. The van der Waals surface area contributed by atoms with Gasteiger partial charge in [0.1, 0.15) is 5.75 Å². The lowest BCUT2D eigenvalue weighted by Gasteiger charge is -2.00. The molecular formula is C14H13N3O3S. The fourth-order valence-electron chi connectivity index (χ4n) is 1.84. The number of carbonyl (C=O) groups excluding carboxylic acids is 1. The molecule has 2 heterocycles. The summed E-state index contributed by atoms with van der Waals surface area (Å²) in [4.78, 5) is 16.3. The predicted molar refractivity (Wildman–Crippen MR) is 80.0 cm³/mol. The Kier molecular flexibility index (Phi) is 3.57. The van der Waals surface area contributed by atoms with Crippen LogP contribution >= 0.6 is 11.3 Å². The van der Waals surface area contributed by atoms with Crippen LogP contribution in [0.4, 0.5) is 5.13 Å². The van der Waals surface area contributed by atoms with Crippen LogP contribution in [-0.2, 0) is 0 Å². The van der Waals surface area contributed by atoms with Gasteiger partial charge in [0.05, 0.1) is 22.5 Å². The molecule has 0 fully saturated rings. The molecule has 0 spiro atoms. The number of rotatable bonds is 4. The maximum absolute atomic E-state index is 12.0. The van der Waals surface area contributed by atoms with E-state index in [0.29, 0.717) is 17.4 Å². The number of nitrogens with zero attached hydrogens (tertiary/aromatic N) is 2. The number of nitrogens with one attached hydrogen (secondary N) is 1. The Morgan fingerprint density at radius 1 is 1.43 bits per heavy atom. The van der Waals surface area contributed by atoms with E-state index in [1.54, 1.807) is 13.0 Å². The van der Waals surface area contributed by atoms with E-state index in [4.69, 9.17) is 9.26 Å². The van der Waals surface area contributed by atoms with Gasteiger partial charge in [0.2, 0.25) is 5.76 Å². The van der Waals surface area contributed by atoms with Crippen LogP contribution in [-0.4, -0.2) is 22.7 Å². The number of aryl methyl sites for hydroxylation is 1. The van der Waals surface area contributed by atoms with Gasteiger partial charge in [-0.25, -0.2) is 4.98 Å². The summed E-state index contributed by atoms with van der Waals surface area (Å²) in [6, 6.07) is 7.21. The van der Waals surface area contributed by atoms with Crippen molar-refractivity contribution in [3.63, 3.8) is 0 Å². The van der Waals surface area contributed by atoms with Gasteiger partial charge in [0, 0.05) is 6.07 Å². The number of fused-ring (bicyclic) bond motifs is 1. The molecule has 1 amide bonds. The average molecular weight is 303 g/mol. The first-order valence-corrected chi connectivity index (χ1v) is 7.25. The minimum atomic E-state index is -0.361. The molecule has 0 aliphatic rings. The van der Waals surface area contributed by atoms with E-state index in [1.807, 2.05) is 25.1 Å². The molecule has 108 valence electrons. The fraction of sp³-hybridized carbons (Fsp3) is 0.214. The number of hydrogen-bond acceptors (Lipinski definition) is 6. The zero-order valence-electron chi connectivity index (χ0n) is 11.5. The Morgan fingerprint density at radius 2 is 2.29 bits per heavy atom. The van der Waals surface area contributed by atoms with Crippen LogP contribution in [0.3, 0.4) is 0 Å². The first-order valence-electron chi connectivity index (χ1n) is 6.44. The van der Waals surface area contributed by atoms with E-state index in [2.05, 4.69) is 15.5 Å². The molecule has 3 aromatic rings. The van der Waals surface area contributed by atoms with Crippen LogP contribution in [0, 0.1) is 6.92 Å². The summed E-state index contributed by atoms with van der Waals surface area (Å²) in [7, 11) is 0. The number of anilines is 1. The van der Waals surface area contributed by atoms with Crippen LogP contribution in [0.15, 0.2) is 28.8 Å². The summed E-state index contributed by atoms with van der Waals surface area (Å²) in [6.07, 6.45) is 0. The molecule has 21 heavy (non-hydrogen) atoms. The predicted octanol–water partition coefficient (Wildman–Crippen LogP) is 3.24. The molecule has 6 nitrogen and oxygen atoms in total. The molecule has 0 atom stereocenters. The number of ether oxygens (including phenoxy) is 1. The van der Waals surface area contributed by atoms with Gasteiger partial charge in [0.25, 0.3) is 5.91 Å². The first-order chi connectivity index (χ1) is 10.2. The Morgan fingerprint density at radius 3 is 3.00 bits per heavy atom. The summed E-state index contributed by atoms with van der Waals surface area (Å²) in [5, 5.41) is 6.90. The third-order valence-electron chi connectivity index (χ3n) is 2.74. The Labute approximate surface area is 124 Å². The van der Waals surface area contributed by atoms with Crippen molar-refractivity contribution in [3.8, 4) is 5.75 Å². The Hall–Kier alpha value is -2.41. The largest absolute Gasteiger partial charge is 0.494 e. The summed E-state index contributed by atoms with van der Waals surface area (Å²) in [5.74, 6) is 0.596. The molecule has 1 N–H and O–H groups in total. The summed E-state index contributed by atoms with van der Waals surface area (Å²) < 4.78 is 11.3. The fourth-order valence-corrected chi connectivity index (χ4v) is 2.73. The maximum atomic E-state index is 12.0. The monoisotopic (exact) mass is 303 g/mol. The van der Waals surface area contributed by atoms with Gasteiger partial charge in [-0.15, -0.1) is 0 Å². The third kappa shape index (κ3) is 2.87. The van der Waals surface area contributed by atoms with Gasteiger partial charge in [-0.1, -0.05) is 16.5 Å². The molecule has 0 saturated heterocycles. The van der Waals surface area contributed by atoms with Gasteiger partial charge in [-0.2, -0.15) is 0 Å². The molecule has 0 aliphatic carbocycles. The minimum absolute atomic E-state index is 0.168. The van der Waals surface area contributed by atoms with Crippen molar-refractivity contribution in [2.45, 2.75) is 13.8 Å². The van der Waals surface area contributed by atoms with E-state index >= 15 is 0 Å². The highest BCUT2D eigenvalue weighted by Crippen LogP contribution is 2.29.